The molecule has 0 spiro atoms. The van der Waals surface area contributed by atoms with Crippen LogP contribution in [0.4, 0.5) is 5.69 Å². The molecule has 0 fully saturated rings. The average molecular weight is 320 g/mol. The van der Waals surface area contributed by atoms with Crippen molar-refractivity contribution in [2.45, 2.75) is 13.0 Å². The number of aliphatic hydroxyl groups is 1. The number of hydrogen-bond acceptors (Lipinski definition) is 5. The van der Waals surface area contributed by atoms with E-state index < -0.39 is 11.0 Å². The Morgan fingerprint density at radius 1 is 1.50 bits per heavy atom. The molecule has 18 heavy (non-hydrogen) atoms. The molecule has 0 aliphatic rings. The van der Waals surface area contributed by atoms with E-state index in [1.807, 2.05) is 0 Å². The van der Waals surface area contributed by atoms with Crippen molar-refractivity contribution in [2.24, 2.45) is 0 Å². The van der Waals surface area contributed by atoms with E-state index in [4.69, 9.17) is 9.47 Å². The fourth-order valence-electron chi connectivity index (χ4n) is 1.43. The monoisotopic (exact) mass is 319 g/mol. The van der Waals surface area contributed by atoms with Gasteiger partial charge in [-0.25, -0.2) is 0 Å². The van der Waals surface area contributed by atoms with Crippen LogP contribution in [0.5, 0.6) is 5.75 Å². The number of nitro groups is 1. The van der Waals surface area contributed by atoms with Gasteiger partial charge < -0.3 is 14.6 Å². The number of hydrogen-bond donors (Lipinski definition) is 1. The third kappa shape index (κ3) is 3.66. The van der Waals surface area contributed by atoms with Crippen molar-refractivity contribution in [3.05, 3.63) is 32.3 Å². The lowest BCUT2D eigenvalue weighted by atomic mass is 10.1. The van der Waals surface area contributed by atoms with E-state index in [0.29, 0.717) is 16.6 Å². The summed E-state index contributed by atoms with van der Waals surface area (Å²) in [7, 11) is 1.51. The van der Waals surface area contributed by atoms with E-state index in [2.05, 4.69) is 15.9 Å². The standard InChI is InChI=1S/C11H14BrNO5/c1-7(14)9-5-8(12)6-10(13(15)16)11(9)18-4-3-17-2/h5-7,14H,3-4H2,1-2H3/t7-/m1/s1. The van der Waals surface area contributed by atoms with Crippen LogP contribution >= 0.6 is 15.9 Å². The Morgan fingerprint density at radius 2 is 2.17 bits per heavy atom. The Bertz CT molecular complexity index is 436. The van der Waals surface area contributed by atoms with Gasteiger partial charge in [-0.15, -0.1) is 0 Å². The summed E-state index contributed by atoms with van der Waals surface area (Å²) in [6, 6.07) is 2.94. The van der Waals surface area contributed by atoms with Crippen molar-refractivity contribution < 1.29 is 19.5 Å². The molecule has 0 radical (unpaired) electrons. The van der Waals surface area contributed by atoms with Crippen molar-refractivity contribution in [3.8, 4) is 5.75 Å². The Morgan fingerprint density at radius 3 is 2.67 bits per heavy atom. The van der Waals surface area contributed by atoms with Crippen LogP contribution in [0.1, 0.15) is 18.6 Å². The second kappa shape index (κ2) is 6.67. The summed E-state index contributed by atoms with van der Waals surface area (Å²) in [5, 5.41) is 20.6. The maximum atomic E-state index is 11.0. The van der Waals surface area contributed by atoms with E-state index in [0.717, 1.165) is 0 Å². The van der Waals surface area contributed by atoms with Crippen LogP contribution < -0.4 is 4.74 Å². The first-order chi connectivity index (χ1) is 8.47. The Kier molecular flexibility index (Phi) is 5.52. The molecule has 1 N–H and O–H groups in total. The molecule has 0 unspecified atom stereocenters. The fourth-order valence-corrected chi connectivity index (χ4v) is 1.89. The average Bonchev–Trinajstić information content (AvgIpc) is 2.30. The summed E-state index contributed by atoms with van der Waals surface area (Å²) in [6.45, 7) is 2.01. The summed E-state index contributed by atoms with van der Waals surface area (Å²) in [6.07, 6.45) is -0.862. The minimum absolute atomic E-state index is 0.0789. The maximum Gasteiger partial charge on any atom is 0.312 e. The minimum Gasteiger partial charge on any atom is -0.484 e. The van der Waals surface area contributed by atoms with Crippen LogP contribution in [0.15, 0.2) is 16.6 Å². The van der Waals surface area contributed by atoms with Crippen molar-refractivity contribution in [1.82, 2.24) is 0 Å². The molecular weight excluding hydrogens is 306 g/mol. The number of ether oxygens (including phenoxy) is 2. The van der Waals surface area contributed by atoms with E-state index in [9.17, 15) is 15.2 Å². The van der Waals surface area contributed by atoms with E-state index in [1.54, 1.807) is 6.07 Å². The van der Waals surface area contributed by atoms with Crippen LogP contribution in [-0.4, -0.2) is 30.4 Å². The highest BCUT2D eigenvalue weighted by Gasteiger charge is 2.23. The van der Waals surface area contributed by atoms with Gasteiger partial charge in [0.2, 0.25) is 5.75 Å². The highest BCUT2D eigenvalue weighted by Crippen LogP contribution is 2.37. The van der Waals surface area contributed by atoms with Crippen LogP contribution in [-0.2, 0) is 4.74 Å². The van der Waals surface area contributed by atoms with Gasteiger partial charge in [-0.2, -0.15) is 0 Å². The summed E-state index contributed by atoms with van der Waals surface area (Å²) in [5.74, 6) is 0.0789. The number of rotatable bonds is 6. The molecular formula is C11H14BrNO5. The SMILES string of the molecule is COCCOc1c([C@@H](C)O)cc(Br)cc1[N+](=O)[O-]. The number of benzene rings is 1. The summed E-state index contributed by atoms with van der Waals surface area (Å²) in [4.78, 5) is 10.4. The van der Waals surface area contributed by atoms with Crippen molar-refractivity contribution in [3.63, 3.8) is 0 Å². The number of aliphatic hydroxyl groups excluding tert-OH is 1. The normalized spacial score (nSPS) is 12.2. The van der Waals surface area contributed by atoms with Crippen LogP contribution in [0, 0.1) is 10.1 Å². The molecule has 7 heteroatoms. The first-order valence-corrected chi connectivity index (χ1v) is 6.04. The third-order valence-corrected chi connectivity index (χ3v) is 2.70. The fraction of sp³-hybridized carbons (Fsp3) is 0.455. The molecule has 1 aromatic carbocycles. The second-order valence-electron chi connectivity index (χ2n) is 3.62. The first kappa shape index (κ1) is 14.9. The molecule has 0 saturated heterocycles. The first-order valence-electron chi connectivity index (χ1n) is 5.25. The van der Waals surface area contributed by atoms with E-state index in [-0.39, 0.29) is 18.0 Å². The summed E-state index contributed by atoms with van der Waals surface area (Å²) < 4.78 is 10.7. The topological polar surface area (TPSA) is 81.8 Å². The molecule has 0 aliphatic carbocycles. The molecule has 0 saturated carbocycles. The smallest absolute Gasteiger partial charge is 0.312 e. The number of nitro benzene ring substituents is 1. The van der Waals surface area contributed by atoms with Gasteiger partial charge in [0.15, 0.2) is 0 Å². The highest BCUT2D eigenvalue weighted by atomic mass is 79.9. The molecule has 100 valence electrons. The Hall–Kier alpha value is -1.18. The van der Waals surface area contributed by atoms with E-state index in [1.165, 1.54) is 20.1 Å². The zero-order valence-corrected chi connectivity index (χ0v) is 11.6. The molecule has 0 bridgehead atoms. The van der Waals surface area contributed by atoms with Crippen LogP contribution in [0.3, 0.4) is 0 Å². The Balaban J connectivity index is 3.18. The molecule has 1 atom stereocenters. The third-order valence-electron chi connectivity index (χ3n) is 2.24. The van der Waals surface area contributed by atoms with Gasteiger partial charge in [-0.05, 0) is 13.0 Å². The van der Waals surface area contributed by atoms with Gasteiger partial charge in [0.1, 0.15) is 6.61 Å². The molecule has 0 amide bonds. The number of methoxy groups -OCH3 is 1. The van der Waals surface area contributed by atoms with Crippen LogP contribution in [0.25, 0.3) is 0 Å². The van der Waals surface area contributed by atoms with Crippen molar-refractivity contribution in [1.29, 1.82) is 0 Å². The predicted octanol–water partition coefficient (Wildman–Crippen LogP) is 2.44. The number of nitrogens with zero attached hydrogens (tertiary/aromatic N) is 1. The van der Waals surface area contributed by atoms with Crippen LogP contribution in [0.2, 0.25) is 0 Å². The minimum atomic E-state index is -0.862. The molecule has 1 rings (SSSR count). The van der Waals surface area contributed by atoms with Gasteiger partial charge in [0.25, 0.3) is 0 Å². The molecule has 0 aliphatic heterocycles. The summed E-state index contributed by atoms with van der Waals surface area (Å²) in [5.41, 5.74) is 0.184. The molecule has 6 nitrogen and oxygen atoms in total. The lowest BCUT2D eigenvalue weighted by molar-refractivity contribution is -0.386. The van der Waals surface area contributed by atoms with Gasteiger partial charge >= 0.3 is 5.69 Å². The van der Waals surface area contributed by atoms with Crippen molar-refractivity contribution >= 4 is 21.6 Å². The zero-order chi connectivity index (χ0) is 13.7. The predicted molar refractivity (Wildman–Crippen MR) is 68.8 cm³/mol. The zero-order valence-electron chi connectivity index (χ0n) is 10.1. The summed E-state index contributed by atoms with van der Waals surface area (Å²) >= 11 is 3.17. The van der Waals surface area contributed by atoms with Gasteiger partial charge in [-0.1, -0.05) is 15.9 Å². The maximum absolute atomic E-state index is 11.0. The lowest BCUT2D eigenvalue weighted by Gasteiger charge is -2.14. The van der Waals surface area contributed by atoms with Gasteiger partial charge in [0, 0.05) is 23.2 Å². The highest BCUT2D eigenvalue weighted by molar-refractivity contribution is 9.10. The van der Waals surface area contributed by atoms with Crippen molar-refractivity contribution in [2.75, 3.05) is 20.3 Å². The largest absolute Gasteiger partial charge is 0.484 e. The molecule has 0 aromatic heterocycles. The lowest BCUT2D eigenvalue weighted by Crippen LogP contribution is -2.09. The van der Waals surface area contributed by atoms with Gasteiger partial charge in [0.05, 0.1) is 17.6 Å². The van der Waals surface area contributed by atoms with E-state index >= 15 is 0 Å². The quantitative estimate of drug-likeness (QED) is 0.494. The second-order valence-corrected chi connectivity index (χ2v) is 4.53. The Labute approximate surface area is 113 Å². The van der Waals surface area contributed by atoms with Gasteiger partial charge in [-0.3, -0.25) is 10.1 Å². The molecule has 0 heterocycles. The number of halogens is 1. The molecule has 1 aromatic rings.